The van der Waals surface area contributed by atoms with Gasteiger partial charge in [-0.05, 0) is 31.0 Å². The highest BCUT2D eigenvalue weighted by Gasteiger charge is 2.36. The van der Waals surface area contributed by atoms with Crippen molar-refractivity contribution in [1.82, 2.24) is 0 Å². The van der Waals surface area contributed by atoms with Crippen LogP contribution in [-0.4, -0.2) is 29.3 Å². The number of carboxylic acids is 1. The summed E-state index contributed by atoms with van der Waals surface area (Å²) >= 11 is 0. The normalized spacial score (nSPS) is 14.0. The van der Waals surface area contributed by atoms with E-state index < -0.39 is 17.7 Å². The first-order valence-electron chi connectivity index (χ1n) is 5.61. The number of carbonyl (C=O) groups excluding carboxylic acids is 2. The predicted molar refractivity (Wildman–Crippen MR) is 64.9 cm³/mol. The predicted octanol–water partition coefficient (Wildman–Crippen LogP) is 1.31. The van der Waals surface area contributed by atoms with Crippen molar-refractivity contribution in [2.45, 2.75) is 20.3 Å². The Balaban J connectivity index is 2.45. The lowest BCUT2D eigenvalue weighted by Crippen LogP contribution is -2.32. The maximum Gasteiger partial charge on any atom is 0.305 e. The second-order valence-corrected chi connectivity index (χ2v) is 4.41. The third-order valence-electron chi connectivity index (χ3n) is 2.95. The molecule has 1 aliphatic rings. The highest BCUT2D eigenvalue weighted by Crippen LogP contribution is 2.33. The number of hydrogen-bond donors (Lipinski definition) is 1. The van der Waals surface area contributed by atoms with E-state index in [1.165, 1.54) is 4.90 Å². The van der Waals surface area contributed by atoms with E-state index in [1.54, 1.807) is 6.07 Å². The van der Waals surface area contributed by atoms with Crippen LogP contribution >= 0.6 is 0 Å². The van der Waals surface area contributed by atoms with Crippen molar-refractivity contribution in [1.29, 1.82) is 0 Å². The van der Waals surface area contributed by atoms with Gasteiger partial charge in [0.15, 0.2) is 0 Å². The SMILES string of the molecule is Cc1cc(C)c2c(c1)C(=O)C(=O)N2CCC(=O)O. The minimum Gasteiger partial charge on any atom is -0.481 e. The van der Waals surface area contributed by atoms with Gasteiger partial charge in [-0.25, -0.2) is 0 Å². The van der Waals surface area contributed by atoms with Gasteiger partial charge in [0.05, 0.1) is 17.7 Å². The number of hydrogen-bond acceptors (Lipinski definition) is 3. The summed E-state index contributed by atoms with van der Waals surface area (Å²) in [7, 11) is 0. The van der Waals surface area contributed by atoms with E-state index in [2.05, 4.69) is 0 Å². The lowest BCUT2D eigenvalue weighted by Gasteiger charge is -2.17. The molecule has 0 aromatic heterocycles. The Morgan fingerprint density at radius 2 is 1.94 bits per heavy atom. The lowest BCUT2D eigenvalue weighted by molar-refractivity contribution is -0.136. The van der Waals surface area contributed by atoms with Crippen LogP contribution < -0.4 is 4.90 Å². The average molecular weight is 247 g/mol. The molecule has 5 nitrogen and oxygen atoms in total. The number of fused-ring (bicyclic) bond motifs is 1. The molecule has 0 bridgehead atoms. The zero-order valence-corrected chi connectivity index (χ0v) is 10.2. The molecule has 1 N–H and O–H groups in total. The van der Waals surface area contributed by atoms with Gasteiger partial charge in [-0.2, -0.15) is 0 Å². The van der Waals surface area contributed by atoms with E-state index in [0.717, 1.165) is 11.1 Å². The van der Waals surface area contributed by atoms with Crippen LogP contribution in [0.3, 0.4) is 0 Å². The number of aliphatic carboxylic acids is 1. The van der Waals surface area contributed by atoms with Crippen molar-refractivity contribution in [3.8, 4) is 0 Å². The largest absolute Gasteiger partial charge is 0.481 e. The maximum absolute atomic E-state index is 11.8. The molecule has 0 saturated heterocycles. The van der Waals surface area contributed by atoms with E-state index in [-0.39, 0.29) is 13.0 Å². The minimum absolute atomic E-state index is 0.0246. The molecule has 94 valence electrons. The van der Waals surface area contributed by atoms with Crippen molar-refractivity contribution < 1.29 is 19.5 Å². The van der Waals surface area contributed by atoms with Gasteiger partial charge in [-0.15, -0.1) is 0 Å². The standard InChI is InChI=1S/C13H13NO4/c1-7-5-8(2)11-9(6-7)12(17)13(18)14(11)4-3-10(15)16/h5-6H,3-4H2,1-2H3,(H,15,16). The highest BCUT2D eigenvalue weighted by atomic mass is 16.4. The van der Waals surface area contributed by atoms with Crippen molar-refractivity contribution in [2.24, 2.45) is 0 Å². The van der Waals surface area contributed by atoms with Crippen LogP contribution in [0.5, 0.6) is 0 Å². The summed E-state index contributed by atoms with van der Waals surface area (Å²) < 4.78 is 0. The number of aryl methyl sites for hydroxylation is 2. The Morgan fingerprint density at radius 1 is 1.28 bits per heavy atom. The summed E-state index contributed by atoms with van der Waals surface area (Å²) in [6.45, 7) is 3.69. The van der Waals surface area contributed by atoms with Crippen LogP contribution in [-0.2, 0) is 9.59 Å². The van der Waals surface area contributed by atoms with Crippen LogP contribution in [0.2, 0.25) is 0 Å². The summed E-state index contributed by atoms with van der Waals surface area (Å²) in [6.07, 6.45) is -0.175. The summed E-state index contributed by atoms with van der Waals surface area (Å²) in [5.74, 6) is -2.18. The Hall–Kier alpha value is -2.17. The number of nitrogens with zero attached hydrogens (tertiary/aromatic N) is 1. The van der Waals surface area contributed by atoms with E-state index in [4.69, 9.17) is 5.11 Å². The molecule has 0 fully saturated rings. The van der Waals surface area contributed by atoms with Gasteiger partial charge >= 0.3 is 5.97 Å². The van der Waals surface area contributed by atoms with E-state index in [0.29, 0.717) is 11.3 Å². The Kier molecular flexibility index (Phi) is 2.90. The van der Waals surface area contributed by atoms with Crippen LogP contribution in [0.1, 0.15) is 27.9 Å². The molecule has 18 heavy (non-hydrogen) atoms. The van der Waals surface area contributed by atoms with Crippen LogP contribution in [0.25, 0.3) is 0 Å². The van der Waals surface area contributed by atoms with Crippen LogP contribution in [0.15, 0.2) is 12.1 Å². The molecule has 1 amide bonds. The van der Waals surface area contributed by atoms with Gasteiger partial charge in [0.25, 0.3) is 11.7 Å². The van der Waals surface area contributed by atoms with E-state index >= 15 is 0 Å². The van der Waals surface area contributed by atoms with Crippen molar-refractivity contribution in [2.75, 3.05) is 11.4 Å². The van der Waals surface area contributed by atoms with E-state index in [1.807, 2.05) is 19.9 Å². The molecule has 0 aliphatic carbocycles. The Labute approximate surface area is 104 Å². The fraction of sp³-hybridized carbons (Fsp3) is 0.308. The minimum atomic E-state index is -0.992. The Morgan fingerprint density at radius 3 is 2.56 bits per heavy atom. The molecule has 1 aromatic rings. The second-order valence-electron chi connectivity index (χ2n) is 4.41. The fourth-order valence-corrected chi connectivity index (χ4v) is 2.25. The second kappa shape index (κ2) is 4.25. The molecule has 2 rings (SSSR count). The molecular weight excluding hydrogens is 234 g/mol. The summed E-state index contributed by atoms with van der Waals surface area (Å²) in [5.41, 5.74) is 2.65. The Bertz CT molecular complexity index is 562. The molecule has 5 heteroatoms. The van der Waals surface area contributed by atoms with Gasteiger partial charge in [0.2, 0.25) is 0 Å². The molecular formula is C13H13NO4. The average Bonchev–Trinajstić information content (AvgIpc) is 2.51. The molecule has 1 aromatic carbocycles. The molecule has 0 unspecified atom stereocenters. The zero-order chi connectivity index (χ0) is 13.4. The lowest BCUT2D eigenvalue weighted by atomic mass is 10.0. The monoisotopic (exact) mass is 247 g/mol. The summed E-state index contributed by atoms with van der Waals surface area (Å²) in [6, 6.07) is 3.54. The van der Waals surface area contributed by atoms with Gasteiger partial charge in [-0.3, -0.25) is 14.4 Å². The van der Waals surface area contributed by atoms with Crippen molar-refractivity contribution in [3.05, 3.63) is 28.8 Å². The van der Waals surface area contributed by atoms with Gasteiger partial charge in [0, 0.05) is 6.54 Å². The van der Waals surface area contributed by atoms with Gasteiger partial charge in [-0.1, -0.05) is 6.07 Å². The third kappa shape index (κ3) is 1.88. The van der Waals surface area contributed by atoms with Crippen LogP contribution in [0, 0.1) is 13.8 Å². The van der Waals surface area contributed by atoms with Gasteiger partial charge in [0.1, 0.15) is 0 Å². The number of carboxylic acid groups (broad SMARTS) is 1. The zero-order valence-electron chi connectivity index (χ0n) is 10.2. The molecule has 1 heterocycles. The summed E-state index contributed by atoms with van der Waals surface area (Å²) in [4.78, 5) is 35.5. The number of Topliss-reactive ketones (excluding diaryl/α,β-unsaturated/α-hetero) is 1. The first-order chi connectivity index (χ1) is 8.41. The number of amides is 1. The molecule has 0 radical (unpaired) electrons. The molecule has 0 saturated carbocycles. The number of benzene rings is 1. The smallest absolute Gasteiger partial charge is 0.305 e. The highest BCUT2D eigenvalue weighted by molar-refractivity contribution is 6.52. The number of anilines is 1. The van der Waals surface area contributed by atoms with Gasteiger partial charge < -0.3 is 10.0 Å². The molecule has 0 atom stereocenters. The topological polar surface area (TPSA) is 74.7 Å². The molecule has 0 spiro atoms. The maximum atomic E-state index is 11.8. The number of carbonyl (C=O) groups is 3. The fourth-order valence-electron chi connectivity index (χ4n) is 2.25. The quantitative estimate of drug-likeness (QED) is 0.817. The molecule has 1 aliphatic heterocycles. The first kappa shape index (κ1) is 12.3. The van der Waals surface area contributed by atoms with Crippen LogP contribution in [0.4, 0.5) is 5.69 Å². The third-order valence-corrected chi connectivity index (χ3v) is 2.95. The number of ketones is 1. The van der Waals surface area contributed by atoms with Crippen molar-refractivity contribution >= 4 is 23.3 Å². The van der Waals surface area contributed by atoms with E-state index in [9.17, 15) is 14.4 Å². The van der Waals surface area contributed by atoms with Crippen molar-refractivity contribution in [3.63, 3.8) is 0 Å². The summed E-state index contributed by atoms with van der Waals surface area (Å²) in [5, 5.41) is 8.66. The first-order valence-corrected chi connectivity index (χ1v) is 5.61. The number of rotatable bonds is 3.